The number of hydrogen-bond acceptors (Lipinski definition) is 3. The largest absolute Gasteiger partial charge is 0.395 e. The van der Waals surface area contributed by atoms with Gasteiger partial charge in [-0.25, -0.2) is 0 Å². The van der Waals surface area contributed by atoms with Gasteiger partial charge in [-0.3, -0.25) is 4.90 Å². The van der Waals surface area contributed by atoms with Crippen molar-refractivity contribution in [3.63, 3.8) is 0 Å². The summed E-state index contributed by atoms with van der Waals surface area (Å²) in [6.45, 7) is 2.98. The zero-order chi connectivity index (χ0) is 15.2. The number of piperazine rings is 1. The highest BCUT2D eigenvalue weighted by molar-refractivity contribution is 5.20. The Bertz CT molecular complexity index is 558. The molecule has 22 heavy (non-hydrogen) atoms. The van der Waals surface area contributed by atoms with E-state index in [1.54, 1.807) is 0 Å². The van der Waals surface area contributed by atoms with E-state index in [9.17, 15) is 5.11 Å². The third-order valence-corrected chi connectivity index (χ3v) is 4.48. The summed E-state index contributed by atoms with van der Waals surface area (Å²) in [6.07, 6.45) is 1.03. The van der Waals surface area contributed by atoms with E-state index >= 15 is 0 Å². The zero-order valence-electron chi connectivity index (χ0n) is 12.9. The normalized spacial score (nSPS) is 22.6. The van der Waals surface area contributed by atoms with Crippen molar-refractivity contribution < 1.29 is 5.11 Å². The highest BCUT2D eigenvalue weighted by Gasteiger charge is 2.27. The number of hydrogen-bond donors (Lipinski definition) is 2. The first-order valence-electron chi connectivity index (χ1n) is 8.04. The van der Waals surface area contributed by atoms with Gasteiger partial charge in [-0.1, -0.05) is 60.7 Å². The number of aliphatic hydroxyl groups is 1. The van der Waals surface area contributed by atoms with Gasteiger partial charge in [-0.15, -0.1) is 0 Å². The quantitative estimate of drug-likeness (QED) is 0.888. The van der Waals surface area contributed by atoms with Gasteiger partial charge in [0.25, 0.3) is 0 Å². The van der Waals surface area contributed by atoms with Crippen LogP contribution in [-0.2, 0) is 6.42 Å². The Morgan fingerprint density at radius 3 is 2.36 bits per heavy atom. The topological polar surface area (TPSA) is 35.5 Å². The van der Waals surface area contributed by atoms with Crippen LogP contribution >= 0.6 is 0 Å². The second-order valence-electron chi connectivity index (χ2n) is 5.94. The molecule has 1 heterocycles. The van der Waals surface area contributed by atoms with Gasteiger partial charge in [0.15, 0.2) is 0 Å². The highest BCUT2D eigenvalue weighted by atomic mass is 16.3. The lowest BCUT2D eigenvalue weighted by molar-refractivity contribution is 0.0815. The molecule has 0 aliphatic carbocycles. The molecule has 0 spiro atoms. The lowest BCUT2D eigenvalue weighted by Crippen LogP contribution is -2.54. The molecule has 1 aliphatic rings. The van der Waals surface area contributed by atoms with Gasteiger partial charge in [0.1, 0.15) is 0 Å². The lowest BCUT2D eigenvalue weighted by Gasteiger charge is -2.40. The monoisotopic (exact) mass is 296 g/mol. The predicted molar refractivity (Wildman–Crippen MR) is 89.8 cm³/mol. The maximum Gasteiger partial charge on any atom is 0.0599 e. The van der Waals surface area contributed by atoms with Gasteiger partial charge in [-0.2, -0.15) is 0 Å². The van der Waals surface area contributed by atoms with Crippen molar-refractivity contribution in [3.8, 4) is 0 Å². The van der Waals surface area contributed by atoms with Crippen LogP contribution in [0.4, 0.5) is 0 Å². The minimum absolute atomic E-state index is 0.212. The molecule has 2 aromatic rings. The minimum Gasteiger partial charge on any atom is -0.395 e. The molecule has 2 N–H and O–H groups in total. The van der Waals surface area contributed by atoms with Crippen molar-refractivity contribution in [1.29, 1.82) is 0 Å². The molecule has 1 saturated heterocycles. The Balaban J connectivity index is 1.64. The molecule has 2 unspecified atom stereocenters. The molecule has 116 valence electrons. The van der Waals surface area contributed by atoms with Gasteiger partial charge < -0.3 is 10.4 Å². The average Bonchev–Trinajstić information content (AvgIpc) is 2.61. The van der Waals surface area contributed by atoms with E-state index in [2.05, 4.69) is 70.9 Å². The summed E-state index contributed by atoms with van der Waals surface area (Å²) in [5.41, 5.74) is 2.68. The van der Waals surface area contributed by atoms with Crippen LogP contribution in [0.25, 0.3) is 0 Å². The predicted octanol–water partition coefficient (Wildman–Crippen LogP) is 2.24. The molecule has 0 bridgehead atoms. The standard InChI is InChI=1S/C19H24N2O/c22-15-18-13-20-19(17-9-5-2-6-10-17)14-21(18)12-11-16-7-3-1-4-8-16/h1-10,18-20,22H,11-15H2. The fourth-order valence-corrected chi connectivity index (χ4v) is 3.14. The molecule has 0 saturated carbocycles. The summed E-state index contributed by atoms with van der Waals surface area (Å²) < 4.78 is 0. The van der Waals surface area contributed by atoms with Crippen molar-refractivity contribution in [3.05, 3.63) is 71.8 Å². The van der Waals surface area contributed by atoms with Gasteiger partial charge in [0.2, 0.25) is 0 Å². The van der Waals surface area contributed by atoms with Crippen molar-refractivity contribution in [2.45, 2.75) is 18.5 Å². The maximum absolute atomic E-state index is 9.63. The van der Waals surface area contributed by atoms with E-state index < -0.39 is 0 Å². The van der Waals surface area contributed by atoms with Crippen molar-refractivity contribution >= 4 is 0 Å². The van der Waals surface area contributed by atoms with Gasteiger partial charge in [0.05, 0.1) is 6.61 Å². The molecule has 3 rings (SSSR count). The SMILES string of the molecule is OCC1CNC(c2ccccc2)CN1CCc1ccccc1. The van der Waals surface area contributed by atoms with Crippen LogP contribution in [0.1, 0.15) is 17.2 Å². The summed E-state index contributed by atoms with van der Waals surface area (Å²) >= 11 is 0. The molecular formula is C19H24N2O. The van der Waals surface area contributed by atoms with Gasteiger partial charge in [-0.05, 0) is 17.5 Å². The van der Waals surface area contributed by atoms with Crippen LogP contribution in [0.3, 0.4) is 0 Å². The first kappa shape index (κ1) is 15.2. The lowest BCUT2D eigenvalue weighted by atomic mass is 10.0. The van der Waals surface area contributed by atoms with Crippen LogP contribution in [0.5, 0.6) is 0 Å². The third kappa shape index (κ3) is 3.74. The Morgan fingerprint density at radius 2 is 1.68 bits per heavy atom. The van der Waals surface area contributed by atoms with Gasteiger partial charge >= 0.3 is 0 Å². The van der Waals surface area contributed by atoms with Crippen LogP contribution in [-0.4, -0.2) is 42.3 Å². The Hall–Kier alpha value is -1.68. The summed E-state index contributed by atoms with van der Waals surface area (Å²) in [6, 6.07) is 21.7. The molecule has 1 fully saturated rings. The second kappa shape index (κ2) is 7.54. The Labute approximate surface area is 132 Å². The van der Waals surface area contributed by atoms with E-state index in [4.69, 9.17) is 0 Å². The van der Waals surface area contributed by atoms with Crippen molar-refractivity contribution in [2.75, 3.05) is 26.2 Å². The molecule has 0 aromatic heterocycles. The summed E-state index contributed by atoms with van der Waals surface area (Å²) in [4.78, 5) is 2.42. The van der Waals surface area contributed by atoms with Crippen LogP contribution in [0.2, 0.25) is 0 Å². The first-order valence-corrected chi connectivity index (χ1v) is 8.04. The Morgan fingerprint density at radius 1 is 1.00 bits per heavy atom. The van der Waals surface area contributed by atoms with Crippen molar-refractivity contribution in [1.82, 2.24) is 10.2 Å². The fourth-order valence-electron chi connectivity index (χ4n) is 3.14. The number of nitrogens with one attached hydrogen (secondary N) is 1. The summed E-state index contributed by atoms with van der Waals surface area (Å²) in [5, 5.41) is 13.2. The van der Waals surface area contributed by atoms with Crippen LogP contribution in [0.15, 0.2) is 60.7 Å². The van der Waals surface area contributed by atoms with E-state index in [1.165, 1.54) is 11.1 Å². The first-order chi connectivity index (χ1) is 10.9. The molecular weight excluding hydrogens is 272 g/mol. The van der Waals surface area contributed by atoms with Crippen molar-refractivity contribution in [2.24, 2.45) is 0 Å². The number of rotatable bonds is 5. The van der Waals surface area contributed by atoms with E-state index in [0.717, 1.165) is 26.1 Å². The van der Waals surface area contributed by atoms with Crippen LogP contribution in [0, 0.1) is 0 Å². The van der Waals surface area contributed by atoms with Gasteiger partial charge in [0, 0.05) is 31.7 Å². The fraction of sp³-hybridized carbons (Fsp3) is 0.368. The molecule has 0 radical (unpaired) electrons. The van der Waals surface area contributed by atoms with Crippen LogP contribution < -0.4 is 5.32 Å². The highest BCUT2D eigenvalue weighted by Crippen LogP contribution is 2.20. The van der Waals surface area contributed by atoms with E-state index in [-0.39, 0.29) is 12.6 Å². The smallest absolute Gasteiger partial charge is 0.0599 e. The molecule has 2 atom stereocenters. The molecule has 0 amide bonds. The maximum atomic E-state index is 9.63. The summed E-state index contributed by atoms with van der Waals surface area (Å²) in [5.74, 6) is 0. The Kier molecular flexibility index (Phi) is 5.22. The summed E-state index contributed by atoms with van der Waals surface area (Å²) in [7, 11) is 0. The molecule has 1 aliphatic heterocycles. The number of benzene rings is 2. The molecule has 3 nitrogen and oxygen atoms in total. The van der Waals surface area contributed by atoms with E-state index in [0.29, 0.717) is 6.04 Å². The molecule has 2 aromatic carbocycles. The van der Waals surface area contributed by atoms with E-state index in [1.807, 2.05) is 0 Å². The second-order valence-corrected chi connectivity index (χ2v) is 5.94. The number of aliphatic hydroxyl groups excluding tert-OH is 1. The minimum atomic E-state index is 0.212. The average molecular weight is 296 g/mol. The third-order valence-electron chi connectivity index (χ3n) is 4.48. The zero-order valence-corrected chi connectivity index (χ0v) is 12.9. The number of nitrogens with zero attached hydrogens (tertiary/aromatic N) is 1. The molecule has 3 heteroatoms.